The van der Waals surface area contributed by atoms with Crippen LogP contribution in [0, 0.1) is 0 Å². The number of nitrogens with zero attached hydrogens (tertiary/aromatic N) is 3. The van der Waals surface area contributed by atoms with Gasteiger partial charge in [0, 0.05) is 30.1 Å². The third kappa shape index (κ3) is 4.29. The van der Waals surface area contributed by atoms with Gasteiger partial charge in [0.2, 0.25) is 5.91 Å². The number of carbonyl (C=O) groups excluding carboxylic acids is 2. The molecule has 31 heavy (non-hydrogen) atoms. The molecule has 2 amide bonds. The first-order valence-corrected chi connectivity index (χ1v) is 10.7. The minimum atomic E-state index is -0.290. The number of aromatic amines is 1. The second-order valence-electron chi connectivity index (χ2n) is 7.31. The van der Waals surface area contributed by atoms with Gasteiger partial charge < -0.3 is 14.8 Å². The Kier molecular flexibility index (Phi) is 5.98. The molecule has 1 N–H and O–H groups in total. The van der Waals surface area contributed by atoms with Gasteiger partial charge in [-0.3, -0.25) is 14.4 Å². The second kappa shape index (κ2) is 8.69. The molecular formula is C22H20Cl2N4O3. The van der Waals surface area contributed by atoms with Gasteiger partial charge in [0.25, 0.3) is 11.5 Å². The van der Waals surface area contributed by atoms with E-state index < -0.39 is 0 Å². The predicted molar refractivity (Wildman–Crippen MR) is 121 cm³/mol. The van der Waals surface area contributed by atoms with Crippen LogP contribution in [0.5, 0.6) is 0 Å². The van der Waals surface area contributed by atoms with Crippen LogP contribution in [0.25, 0.3) is 10.9 Å². The molecular weight excluding hydrogens is 439 g/mol. The number of anilines is 1. The highest BCUT2D eigenvalue weighted by atomic mass is 35.5. The van der Waals surface area contributed by atoms with Gasteiger partial charge in [-0.15, -0.1) is 0 Å². The summed E-state index contributed by atoms with van der Waals surface area (Å²) in [4.78, 5) is 48.1. The molecule has 1 aromatic heterocycles. The first kappa shape index (κ1) is 21.3. The lowest BCUT2D eigenvalue weighted by Crippen LogP contribution is -2.32. The maximum atomic E-state index is 13.2. The zero-order valence-electron chi connectivity index (χ0n) is 16.8. The summed E-state index contributed by atoms with van der Waals surface area (Å²) >= 11 is 12.3. The van der Waals surface area contributed by atoms with E-state index in [0.717, 1.165) is 6.42 Å². The normalized spacial score (nSPS) is 13.8. The lowest BCUT2D eigenvalue weighted by Gasteiger charge is -2.22. The van der Waals surface area contributed by atoms with E-state index in [-0.39, 0.29) is 23.9 Å². The van der Waals surface area contributed by atoms with Gasteiger partial charge in [0.05, 0.1) is 28.2 Å². The molecule has 160 valence electrons. The fraction of sp³-hybridized carbons (Fsp3) is 0.273. The Morgan fingerprint density at radius 1 is 1.19 bits per heavy atom. The number of carbonyl (C=O) groups is 2. The van der Waals surface area contributed by atoms with E-state index in [1.807, 2.05) is 6.92 Å². The quantitative estimate of drug-likeness (QED) is 0.625. The van der Waals surface area contributed by atoms with Crippen molar-refractivity contribution in [2.75, 3.05) is 18.0 Å². The lowest BCUT2D eigenvalue weighted by atomic mass is 10.1. The minimum Gasteiger partial charge on any atom is -0.331 e. The van der Waals surface area contributed by atoms with Gasteiger partial charge in [-0.25, -0.2) is 4.98 Å². The summed E-state index contributed by atoms with van der Waals surface area (Å²) in [7, 11) is 0. The molecule has 3 aromatic rings. The average Bonchev–Trinajstić information content (AvgIpc) is 3.17. The second-order valence-corrected chi connectivity index (χ2v) is 8.15. The van der Waals surface area contributed by atoms with Gasteiger partial charge in [0.1, 0.15) is 5.82 Å². The summed E-state index contributed by atoms with van der Waals surface area (Å²) in [6.45, 7) is 2.94. The van der Waals surface area contributed by atoms with E-state index in [9.17, 15) is 14.4 Å². The van der Waals surface area contributed by atoms with Crippen molar-refractivity contribution in [3.8, 4) is 0 Å². The Labute approximate surface area is 188 Å². The van der Waals surface area contributed by atoms with Crippen LogP contribution in [0.15, 0.2) is 41.2 Å². The number of hydrogen-bond acceptors (Lipinski definition) is 4. The molecule has 1 saturated heterocycles. The minimum absolute atomic E-state index is 0.00422. The summed E-state index contributed by atoms with van der Waals surface area (Å²) in [5.41, 5.74) is 1.13. The fourth-order valence-corrected chi connectivity index (χ4v) is 4.07. The van der Waals surface area contributed by atoms with Crippen molar-refractivity contribution in [3.05, 3.63) is 68.2 Å². The van der Waals surface area contributed by atoms with E-state index >= 15 is 0 Å². The van der Waals surface area contributed by atoms with Crippen LogP contribution in [0.1, 0.15) is 35.9 Å². The summed E-state index contributed by atoms with van der Waals surface area (Å²) < 4.78 is 0. The Morgan fingerprint density at radius 3 is 2.71 bits per heavy atom. The molecule has 2 heterocycles. The molecule has 0 atom stereocenters. The Hall–Kier alpha value is -2.90. The molecule has 0 aliphatic carbocycles. The van der Waals surface area contributed by atoms with Gasteiger partial charge in [0.15, 0.2) is 0 Å². The number of halogens is 2. The van der Waals surface area contributed by atoms with Crippen LogP contribution in [0.4, 0.5) is 5.69 Å². The average molecular weight is 459 g/mol. The van der Waals surface area contributed by atoms with Crippen molar-refractivity contribution in [2.24, 2.45) is 0 Å². The van der Waals surface area contributed by atoms with Crippen molar-refractivity contribution >= 4 is 51.6 Å². The van der Waals surface area contributed by atoms with E-state index in [1.165, 1.54) is 0 Å². The van der Waals surface area contributed by atoms with E-state index in [2.05, 4.69) is 9.97 Å². The maximum absolute atomic E-state index is 13.2. The van der Waals surface area contributed by atoms with Crippen LogP contribution < -0.4 is 10.5 Å². The molecule has 2 aromatic carbocycles. The van der Waals surface area contributed by atoms with Gasteiger partial charge in [-0.05, 0) is 49.7 Å². The third-order valence-electron chi connectivity index (χ3n) is 5.28. The number of hydrogen-bond donors (Lipinski definition) is 1. The molecule has 0 unspecified atom stereocenters. The number of fused-ring (bicyclic) bond motifs is 1. The summed E-state index contributed by atoms with van der Waals surface area (Å²) in [5.74, 6) is 0.107. The summed E-state index contributed by atoms with van der Waals surface area (Å²) in [5, 5.41) is 1.33. The van der Waals surface area contributed by atoms with E-state index in [4.69, 9.17) is 23.2 Å². The largest absolute Gasteiger partial charge is 0.331 e. The zero-order valence-corrected chi connectivity index (χ0v) is 18.3. The molecule has 0 bridgehead atoms. The molecule has 0 saturated carbocycles. The van der Waals surface area contributed by atoms with Crippen LogP contribution in [0.2, 0.25) is 10.0 Å². The number of benzene rings is 2. The molecule has 0 radical (unpaired) electrons. The SMILES string of the molecule is CCN(Cc1nc2cc(Cl)ccc2c(=O)[nH]1)C(=O)c1ccc(Cl)c(N2CCCC2=O)c1. The van der Waals surface area contributed by atoms with E-state index in [0.29, 0.717) is 57.5 Å². The molecule has 1 aliphatic heterocycles. The number of H-pyrrole nitrogens is 1. The maximum Gasteiger partial charge on any atom is 0.258 e. The highest BCUT2D eigenvalue weighted by Crippen LogP contribution is 2.31. The standard InChI is InChI=1S/C22H20Cl2N4O3/c1-2-27(12-19-25-17-11-14(23)6-7-15(17)21(30)26-19)22(31)13-5-8-16(24)18(10-13)28-9-3-4-20(28)29/h5-8,10-11H,2-4,9,12H2,1H3,(H,25,26,30). The summed E-state index contributed by atoms with van der Waals surface area (Å²) in [6, 6.07) is 9.77. The first-order valence-electron chi connectivity index (χ1n) is 9.95. The van der Waals surface area contributed by atoms with Crippen LogP contribution in [0.3, 0.4) is 0 Å². The number of aromatic nitrogens is 2. The molecule has 1 aliphatic rings. The van der Waals surface area contributed by atoms with Crippen molar-refractivity contribution in [2.45, 2.75) is 26.3 Å². The Balaban J connectivity index is 1.63. The molecule has 1 fully saturated rings. The zero-order chi connectivity index (χ0) is 22.1. The van der Waals surface area contributed by atoms with Crippen molar-refractivity contribution in [3.63, 3.8) is 0 Å². The van der Waals surface area contributed by atoms with Crippen LogP contribution >= 0.6 is 23.2 Å². The van der Waals surface area contributed by atoms with Crippen molar-refractivity contribution in [1.82, 2.24) is 14.9 Å². The highest BCUT2D eigenvalue weighted by molar-refractivity contribution is 6.34. The number of amides is 2. The van der Waals surface area contributed by atoms with Gasteiger partial charge in [-0.2, -0.15) is 0 Å². The van der Waals surface area contributed by atoms with Crippen LogP contribution in [-0.4, -0.2) is 39.8 Å². The molecule has 9 heteroatoms. The number of rotatable bonds is 5. The Bertz CT molecular complexity index is 1240. The molecule has 7 nitrogen and oxygen atoms in total. The Morgan fingerprint density at radius 2 is 2.00 bits per heavy atom. The highest BCUT2D eigenvalue weighted by Gasteiger charge is 2.25. The van der Waals surface area contributed by atoms with Crippen LogP contribution in [-0.2, 0) is 11.3 Å². The van der Waals surface area contributed by atoms with Gasteiger partial charge in [-0.1, -0.05) is 23.2 Å². The monoisotopic (exact) mass is 458 g/mol. The van der Waals surface area contributed by atoms with Gasteiger partial charge >= 0.3 is 0 Å². The fourth-order valence-electron chi connectivity index (χ4n) is 3.68. The summed E-state index contributed by atoms with van der Waals surface area (Å²) in [6.07, 6.45) is 1.24. The first-order chi connectivity index (χ1) is 14.9. The smallest absolute Gasteiger partial charge is 0.258 e. The number of nitrogens with one attached hydrogen (secondary N) is 1. The molecule has 4 rings (SSSR count). The van der Waals surface area contributed by atoms with E-state index in [1.54, 1.807) is 46.2 Å². The van der Waals surface area contributed by atoms with Crippen molar-refractivity contribution < 1.29 is 9.59 Å². The lowest BCUT2D eigenvalue weighted by molar-refractivity contribution is -0.117. The molecule has 0 spiro atoms. The predicted octanol–water partition coefficient (Wildman–Crippen LogP) is 4.02. The third-order valence-corrected chi connectivity index (χ3v) is 5.84. The van der Waals surface area contributed by atoms with Crippen molar-refractivity contribution in [1.29, 1.82) is 0 Å². The topological polar surface area (TPSA) is 86.4 Å².